The zero-order valence-corrected chi connectivity index (χ0v) is 24.1. The summed E-state index contributed by atoms with van der Waals surface area (Å²) in [5.74, 6) is 0.951. The first-order chi connectivity index (χ1) is 17.8. The fourth-order valence-electron chi connectivity index (χ4n) is 4.90. The highest BCUT2D eigenvalue weighted by Gasteiger charge is 2.26. The Labute approximate surface area is 226 Å². The van der Waals surface area contributed by atoms with E-state index in [1.54, 1.807) is 0 Å². The highest BCUT2D eigenvalue weighted by Crippen LogP contribution is 2.20. The minimum absolute atomic E-state index is 0.102. The molecule has 0 aliphatic carbocycles. The van der Waals surface area contributed by atoms with Crippen molar-refractivity contribution in [1.82, 2.24) is 4.90 Å². The molecule has 36 heavy (non-hydrogen) atoms. The van der Waals surface area contributed by atoms with Crippen LogP contribution in [0, 0.1) is 0 Å². The predicted octanol–water partition coefficient (Wildman–Crippen LogP) is 8.57. The van der Waals surface area contributed by atoms with E-state index in [-0.39, 0.29) is 18.4 Å². The maximum atomic E-state index is 12.0. The zero-order valence-electron chi connectivity index (χ0n) is 23.3. The predicted molar refractivity (Wildman–Crippen MR) is 152 cm³/mol. The van der Waals surface area contributed by atoms with Crippen molar-refractivity contribution in [2.75, 3.05) is 25.6 Å². The molecule has 2 aliphatic heterocycles. The van der Waals surface area contributed by atoms with Crippen LogP contribution in [-0.4, -0.2) is 48.9 Å². The van der Waals surface area contributed by atoms with E-state index in [0.717, 1.165) is 44.5 Å². The lowest BCUT2D eigenvalue weighted by Crippen LogP contribution is -2.21. The smallest absolute Gasteiger partial charge is 0.305 e. The van der Waals surface area contributed by atoms with E-state index in [1.807, 2.05) is 11.8 Å². The normalized spacial score (nSPS) is 19.4. The van der Waals surface area contributed by atoms with Gasteiger partial charge in [-0.3, -0.25) is 4.79 Å². The van der Waals surface area contributed by atoms with E-state index in [4.69, 9.17) is 14.2 Å². The van der Waals surface area contributed by atoms with Crippen LogP contribution in [0.3, 0.4) is 0 Å². The van der Waals surface area contributed by atoms with Crippen molar-refractivity contribution in [3.63, 3.8) is 0 Å². The van der Waals surface area contributed by atoms with Crippen molar-refractivity contribution in [2.45, 2.75) is 148 Å². The Bertz CT molecular complexity index is 559. The lowest BCUT2D eigenvalue weighted by molar-refractivity contribution is -0.148. The number of esters is 1. The standard InChI is InChI=1S/C30H55NO4S/c1-2-3-4-5-6-7-8-9-10-11-12-13-14-15-18-21-30-34-26-28(35-30)25-33-29(32)20-17-16-19-22-31-23-24-36-27-31/h23-24,28,30H,2-22,25-27H2,1H3. The van der Waals surface area contributed by atoms with Crippen LogP contribution in [0.5, 0.6) is 0 Å². The summed E-state index contributed by atoms with van der Waals surface area (Å²) in [6.07, 6.45) is 27.1. The van der Waals surface area contributed by atoms with Crippen LogP contribution in [-0.2, 0) is 19.0 Å². The van der Waals surface area contributed by atoms with Crippen molar-refractivity contribution in [3.8, 4) is 0 Å². The number of carbonyl (C=O) groups excluding carboxylic acids is 1. The minimum Gasteiger partial charge on any atom is -0.463 e. The van der Waals surface area contributed by atoms with Gasteiger partial charge in [-0.15, -0.1) is 11.8 Å². The molecule has 0 aromatic heterocycles. The van der Waals surface area contributed by atoms with E-state index in [1.165, 1.54) is 89.9 Å². The van der Waals surface area contributed by atoms with Gasteiger partial charge in [0.05, 0.1) is 12.5 Å². The van der Waals surface area contributed by atoms with Crippen LogP contribution in [0.25, 0.3) is 0 Å². The Kier molecular flexibility index (Phi) is 19.5. The second-order valence-corrected chi connectivity index (χ2v) is 11.5. The van der Waals surface area contributed by atoms with Gasteiger partial charge in [0.25, 0.3) is 0 Å². The van der Waals surface area contributed by atoms with Gasteiger partial charge in [0.1, 0.15) is 12.7 Å². The van der Waals surface area contributed by atoms with Gasteiger partial charge in [-0.1, -0.05) is 103 Å². The number of hydrogen-bond acceptors (Lipinski definition) is 6. The quantitative estimate of drug-likeness (QED) is 0.0929. The molecule has 1 fully saturated rings. The van der Waals surface area contributed by atoms with Gasteiger partial charge in [0.15, 0.2) is 6.29 Å². The molecule has 2 heterocycles. The van der Waals surface area contributed by atoms with Gasteiger partial charge in [0.2, 0.25) is 0 Å². The maximum Gasteiger partial charge on any atom is 0.305 e. The van der Waals surface area contributed by atoms with Crippen molar-refractivity contribution >= 4 is 17.7 Å². The number of carbonyl (C=O) groups is 1. The van der Waals surface area contributed by atoms with E-state index < -0.39 is 0 Å². The molecular weight excluding hydrogens is 470 g/mol. The summed E-state index contributed by atoms with van der Waals surface area (Å²) in [4.78, 5) is 14.3. The van der Waals surface area contributed by atoms with Crippen molar-refractivity contribution < 1.29 is 19.0 Å². The summed E-state index contributed by atoms with van der Waals surface area (Å²) < 4.78 is 17.1. The molecule has 0 N–H and O–H groups in total. The molecule has 0 aromatic carbocycles. The first kappa shape index (κ1) is 31.5. The third-order valence-corrected chi connectivity index (χ3v) is 8.02. The molecule has 0 spiro atoms. The average molecular weight is 526 g/mol. The monoisotopic (exact) mass is 525 g/mol. The molecule has 0 saturated carbocycles. The molecule has 0 radical (unpaired) electrons. The van der Waals surface area contributed by atoms with Crippen molar-refractivity contribution in [2.24, 2.45) is 0 Å². The molecule has 0 amide bonds. The van der Waals surface area contributed by atoms with Crippen LogP contribution in [0.15, 0.2) is 11.6 Å². The number of hydrogen-bond donors (Lipinski definition) is 0. The first-order valence-electron chi connectivity index (χ1n) is 15.2. The highest BCUT2D eigenvalue weighted by atomic mass is 32.2. The number of nitrogens with zero attached hydrogens (tertiary/aromatic N) is 1. The first-order valence-corrected chi connectivity index (χ1v) is 16.3. The second kappa shape index (κ2) is 22.3. The van der Waals surface area contributed by atoms with Gasteiger partial charge in [-0.2, -0.15) is 0 Å². The number of ether oxygens (including phenoxy) is 3. The number of rotatable bonds is 24. The summed E-state index contributed by atoms with van der Waals surface area (Å²) in [5.41, 5.74) is 0. The fourth-order valence-corrected chi connectivity index (χ4v) is 5.65. The molecule has 0 bridgehead atoms. The summed E-state index contributed by atoms with van der Waals surface area (Å²) in [7, 11) is 0. The molecule has 2 aliphatic rings. The van der Waals surface area contributed by atoms with E-state index >= 15 is 0 Å². The Morgan fingerprint density at radius 2 is 1.47 bits per heavy atom. The van der Waals surface area contributed by atoms with Crippen LogP contribution in [0.1, 0.15) is 135 Å². The fraction of sp³-hybridized carbons (Fsp3) is 0.900. The molecule has 0 aromatic rings. The molecule has 6 heteroatoms. The van der Waals surface area contributed by atoms with E-state index in [2.05, 4.69) is 23.4 Å². The summed E-state index contributed by atoms with van der Waals surface area (Å²) in [6.45, 7) is 4.22. The Hall–Kier alpha value is -0.720. The van der Waals surface area contributed by atoms with Gasteiger partial charge >= 0.3 is 5.97 Å². The van der Waals surface area contributed by atoms with Crippen LogP contribution < -0.4 is 0 Å². The lowest BCUT2D eigenvalue weighted by Gasteiger charge is -2.14. The average Bonchev–Trinajstić information content (AvgIpc) is 3.57. The van der Waals surface area contributed by atoms with E-state index in [9.17, 15) is 4.79 Å². The maximum absolute atomic E-state index is 12.0. The molecule has 1 saturated heterocycles. The number of unbranched alkanes of at least 4 members (excludes halogenated alkanes) is 16. The number of thioether (sulfide) groups is 1. The summed E-state index contributed by atoms with van der Waals surface area (Å²) >= 11 is 1.83. The second-order valence-electron chi connectivity index (χ2n) is 10.6. The van der Waals surface area contributed by atoms with Crippen LogP contribution in [0.2, 0.25) is 0 Å². The minimum atomic E-state index is -0.117. The highest BCUT2D eigenvalue weighted by molar-refractivity contribution is 8.02. The van der Waals surface area contributed by atoms with Crippen molar-refractivity contribution in [3.05, 3.63) is 11.6 Å². The Morgan fingerprint density at radius 3 is 2.08 bits per heavy atom. The van der Waals surface area contributed by atoms with E-state index in [0.29, 0.717) is 19.6 Å². The van der Waals surface area contributed by atoms with Crippen molar-refractivity contribution in [1.29, 1.82) is 0 Å². The van der Waals surface area contributed by atoms with Gasteiger partial charge in [0, 0.05) is 19.2 Å². The molecule has 2 atom stereocenters. The van der Waals surface area contributed by atoms with Gasteiger partial charge < -0.3 is 19.1 Å². The zero-order chi connectivity index (χ0) is 25.5. The van der Waals surface area contributed by atoms with Gasteiger partial charge in [-0.25, -0.2) is 0 Å². The Morgan fingerprint density at radius 1 is 0.861 bits per heavy atom. The third-order valence-electron chi connectivity index (χ3n) is 7.22. The molecule has 2 unspecified atom stereocenters. The summed E-state index contributed by atoms with van der Waals surface area (Å²) in [5, 5.41) is 2.14. The largest absolute Gasteiger partial charge is 0.463 e. The summed E-state index contributed by atoms with van der Waals surface area (Å²) in [6, 6.07) is 0. The third kappa shape index (κ3) is 16.9. The van der Waals surface area contributed by atoms with Crippen LogP contribution >= 0.6 is 11.8 Å². The topological polar surface area (TPSA) is 48.0 Å². The molecular formula is C30H55NO4S. The SMILES string of the molecule is CCCCCCCCCCCCCCCCCC1OCC(COC(=O)CCCCCN2C=CSC2)O1. The molecule has 210 valence electrons. The molecule has 5 nitrogen and oxygen atoms in total. The lowest BCUT2D eigenvalue weighted by atomic mass is 10.0. The van der Waals surface area contributed by atoms with Gasteiger partial charge in [-0.05, 0) is 31.1 Å². The Balaban J connectivity index is 1.29. The van der Waals surface area contributed by atoms with Crippen LogP contribution in [0.4, 0.5) is 0 Å². The molecule has 2 rings (SSSR count).